The highest BCUT2D eigenvalue weighted by atomic mass is 16.5. The van der Waals surface area contributed by atoms with Gasteiger partial charge in [-0.2, -0.15) is 0 Å². The summed E-state index contributed by atoms with van der Waals surface area (Å²) in [6, 6.07) is 8.78. The van der Waals surface area contributed by atoms with Crippen molar-refractivity contribution in [1.29, 1.82) is 0 Å². The largest absolute Gasteiger partial charge is 0.492 e. The standard InChI is InChI=1S/C14H15N3O3/c1-3-20-12-7-5-4-6-10(12)17-13-8-11(14(18)19)15-9(2)16-13/h4-8H,3H2,1-2H3,(H,18,19)(H,15,16,17). The van der Waals surface area contributed by atoms with E-state index in [1.807, 2.05) is 31.2 Å². The molecule has 2 aromatic rings. The van der Waals surface area contributed by atoms with Crippen molar-refractivity contribution in [1.82, 2.24) is 9.97 Å². The lowest BCUT2D eigenvalue weighted by Gasteiger charge is -2.12. The molecule has 0 aliphatic heterocycles. The number of nitrogens with zero attached hydrogens (tertiary/aromatic N) is 2. The number of nitrogens with one attached hydrogen (secondary N) is 1. The smallest absolute Gasteiger partial charge is 0.354 e. The van der Waals surface area contributed by atoms with Gasteiger partial charge in [0.1, 0.15) is 17.4 Å². The second-order valence-corrected chi connectivity index (χ2v) is 4.04. The molecule has 0 unspecified atom stereocenters. The Labute approximate surface area is 116 Å². The molecule has 1 aromatic heterocycles. The summed E-state index contributed by atoms with van der Waals surface area (Å²) >= 11 is 0. The number of aromatic carboxylic acids is 1. The molecule has 6 heteroatoms. The number of para-hydroxylation sites is 2. The first-order valence-electron chi connectivity index (χ1n) is 6.18. The van der Waals surface area contributed by atoms with Crippen LogP contribution in [-0.2, 0) is 0 Å². The van der Waals surface area contributed by atoms with Crippen LogP contribution in [0.5, 0.6) is 5.75 Å². The Morgan fingerprint density at radius 1 is 1.35 bits per heavy atom. The van der Waals surface area contributed by atoms with Crippen LogP contribution in [0.4, 0.5) is 11.5 Å². The minimum absolute atomic E-state index is 0.0473. The lowest BCUT2D eigenvalue weighted by Crippen LogP contribution is -2.06. The van der Waals surface area contributed by atoms with Crippen LogP contribution in [0, 0.1) is 6.92 Å². The lowest BCUT2D eigenvalue weighted by molar-refractivity contribution is 0.0690. The number of anilines is 2. The van der Waals surface area contributed by atoms with Gasteiger partial charge in [-0.3, -0.25) is 0 Å². The maximum Gasteiger partial charge on any atom is 0.354 e. The lowest BCUT2D eigenvalue weighted by atomic mass is 10.3. The van der Waals surface area contributed by atoms with Crippen LogP contribution in [0.1, 0.15) is 23.2 Å². The summed E-state index contributed by atoms with van der Waals surface area (Å²) in [4.78, 5) is 19.0. The molecule has 0 spiro atoms. The first-order valence-corrected chi connectivity index (χ1v) is 6.18. The second-order valence-electron chi connectivity index (χ2n) is 4.04. The molecule has 2 rings (SSSR count). The number of hydrogen-bond acceptors (Lipinski definition) is 5. The van der Waals surface area contributed by atoms with Crippen LogP contribution in [0.3, 0.4) is 0 Å². The van der Waals surface area contributed by atoms with Crippen LogP contribution >= 0.6 is 0 Å². The molecule has 1 heterocycles. The zero-order valence-electron chi connectivity index (χ0n) is 11.3. The number of carboxylic acids is 1. The summed E-state index contributed by atoms with van der Waals surface area (Å²) in [6.45, 7) is 4.09. The molecular weight excluding hydrogens is 258 g/mol. The molecule has 0 atom stereocenters. The molecule has 0 amide bonds. The van der Waals surface area contributed by atoms with Gasteiger partial charge in [-0.05, 0) is 26.0 Å². The molecule has 20 heavy (non-hydrogen) atoms. The van der Waals surface area contributed by atoms with Gasteiger partial charge >= 0.3 is 5.97 Å². The van der Waals surface area contributed by atoms with E-state index >= 15 is 0 Å². The van der Waals surface area contributed by atoms with E-state index in [0.717, 1.165) is 5.69 Å². The van der Waals surface area contributed by atoms with E-state index in [9.17, 15) is 4.79 Å². The van der Waals surface area contributed by atoms with Crippen molar-refractivity contribution < 1.29 is 14.6 Å². The third kappa shape index (κ3) is 3.23. The molecule has 0 fully saturated rings. The van der Waals surface area contributed by atoms with Gasteiger partial charge in [0.2, 0.25) is 0 Å². The number of benzene rings is 1. The van der Waals surface area contributed by atoms with Gasteiger partial charge in [0.25, 0.3) is 0 Å². The van der Waals surface area contributed by atoms with Gasteiger partial charge in [-0.15, -0.1) is 0 Å². The van der Waals surface area contributed by atoms with E-state index in [-0.39, 0.29) is 5.69 Å². The summed E-state index contributed by atoms with van der Waals surface area (Å²) in [5.41, 5.74) is 0.678. The van der Waals surface area contributed by atoms with Crippen molar-refractivity contribution in [3.63, 3.8) is 0 Å². The van der Waals surface area contributed by atoms with Crippen molar-refractivity contribution in [2.24, 2.45) is 0 Å². The number of aromatic nitrogens is 2. The van der Waals surface area contributed by atoms with Crippen molar-refractivity contribution in [2.75, 3.05) is 11.9 Å². The van der Waals surface area contributed by atoms with E-state index in [4.69, 9.17) is 9.84 Å². The van der Waals surface area contributed by atoms with E-state index in [0.29, 0.717) is 24.0 Å². The molecular formula is C14H15N3O3. The predicted octanol–water partition coefficient (Wildman–Crippen LogP) is 2.63. The van der Waals surface area contributed by atoms with Gasteiger partial charge in [0.05, 0.1) is 12.3 Å². The van der Waals surface area contributed by atoms with Gasteiger partial charge < -0.3 is 15.2 Å². The van der Waals surface area contributed by atoms with Crippen molar-refractivity contribution in [2.45, 2.75) is 13.8 Å². The third-order valence-electron chi connectivity index (χ3n) is 2.51. The minimum atomic E-state index is -1.09. The number of ether oxygens (including phenoxy) is 1. The quantitative estimate of drug-likeness (QED) is 0.871. The van der Waals surface area contributed by atoms with E-state index in [1.54, 1.807) is 6.92 Å². The molecule has 2 N–H and O–H groups in total. The maximum atomic E-state index is 11.0. The summed E-state index contributed by atoms with van der Waals surface area (Å²) in [7, 11) is 0. The molecule has 0 radical (unpaired) electrons. The average molecular weight is 273 g/mol. The first kappa shape index (κ1) is 13.8. The molecule has 0 saturated carbocycles. The Morgan fingerprint density at radius 2 is 2.10 bits per heavy atom. The Kier molecular flexibility index (Phi) is 4.14. The fourth-order valence-electron chi connectivity index (χ4n) is 1.73. The second kappa shape index (κ2) is 6.01. The van der Waals surface area contributed by atoms with Gasteiger partial charge in [0, 0.05) is 6.07 Å². The summed E-state index contributed by atoms with van der Waals surface area (Å²) in [6.07, 6.45) is 0. The monoisotopic (exact) mass is 273 g/mol. The Bertz CT molecular complexity index is 629. The minimum Gasteiger partial charge on any atom is -0.492 e. The van der Waals surface area contributed by atoms with Crippen LogP contribution < -0.4 is 10.1 Å². The van der Waals surface area contributed by atoms with Gasteiger partial charge in [0.15, 0.2) is 5.69 Å². The molecule has 0 bridgehead atoms. The SMILES string of the molecule is CCOc1ccccc1Nc1cc(C(=O)O)nc(C)n1. The number of rotatable bonds is 5. The first-order chi connectivity index (χ1) is 9.60. The molecule has 1 aromatic carbocycles. The number of aryl methyl sites for hydroxylation is 1. The molecule has 104 valence electrons. The zero-order valence-corrected chi connectivity index (χ0v) is 11.3. The number of hydrogen-bond donors (Lipinski definition) is 2. The van der Waals surface area contributed by atoms with E-state index in [1.165, 1.54) is 6.07 Å². The number of carbonyl (C=O) groups is 1. The van der Waals surface area contributed by atoms with Crippen LogP contribution in [0.25, 0.3) is 0 Å². The average Bonchev–Trinajstić information content (AvgIpc) is 2.40. The van der Waals surface area contributed by atoms with Crippen molar-refractivity contribution in [3.8, 4) is 5.75 Å². The van der Waals surface area contributed by atoms with Gasteiger partial charge in [-0.1, -0.05) is 12.1 Å². The molecule has 0 aliphatic rings. The topological polar surface area (TPSA) is 84.3 Å². The predicted molar refractivity (Wildman–Crippen MR) is 74.6 cm³/mol. The zero-order chi connectivity index (χ0) is 14.5. The van der Waals surface area contributed by atoms with Crippen LogP contribution in [0.2, 0.25) is 0 Å². The maximum absolute atomic E-state index is 11.0. The van der Waals surface area contributed by atoms with Crippen LogP contribution in [-0.4, -0.2) is 27.7 Å². The molecule has 0 aliphatic carbocycles. The Hall–Kier alpha value is -2.63. The summed E-state index contributed by atoms with van der Waals surface area (Å²) in [5.74, 6) is 0.406. The highest BCUT2D eigenvalue weighted by molar-refractivity contribution is 5.86. The van der Waals surface area contributed by atoms with Crippen molar-refractivity contribution >= 4 is 17.5 Å². The third-order valence-corrected chi connectivity index (χ3v) is 2.51. The fourth-order valence-corrected chi connectivity index (χ4v) is 1.73. The van der Waals surface area contributed by atoms with E-state index < -0.39 is 5.97 Å². The van der Waals surface area contributed by atoms with Gasteiger partial charge in [-0.25, -0.2) is 14.8 Å². The summed E-state index contributed by atoms with van der Waals surface area (Å²) < 4.78 is 5.49. The molecule has 6 nitrogen and oxygen atoms in total. The number of carboxylic acid groups (broad SMARTS) is 1. The highest BCUT2D eigenvalue weighted by Crippen LogP contribution is 2.26. The van der Waals surface area contributed by atoms with Crippen LogP contribution in [0.15, 0.2) is 30.3 Å². The normalized spacial score (nSPS) is 10.1. The summed E-state index contributed by atoms with van der Waals surface area (Å²) in [5, 5.41) is 12.0. The Morgan fingerprint density at radius 3 is 2.80 bits per heavy atom. The molecule has 0 saturated heterocycles. The highest BCUT2D eigenvalue weighted by Gasteiger charge is 2.10. The van der Waals surface area contributed by atoms with Crippen molar-refractivity contribution in [3.05, 3.63) is 41.9 Å². The van der Waals surface area contributed by atoms with E-state index in [2.05, 4.69) is 15.3 Å². The fraction of sp³-hybridized carbons (Fsp3) is 0.214. The Balaban J connectivity index is 2.32.